The van der Waals surface area contributed by atoms with E-state index in [0.717, 1.165) is 27.7 Å². The quantitative estimate of drug-likeness (QED) is 0.290. The normalized spacial score (nSPS) is 11.4. The van der Waals surface area contributed by atoms with Crippen LogP contribution in [0.2, 0.25) is 0 Å². The van der Waals surface area contributed by atoms with Crippen LogP contribution < -0.4 is 0 Å². The number of hydrogen-bond donors (Lipinski definition) is 0. The van der Waals surface area contributed by atoms with Crippen molar-refractivity contribution in [3.05, 3.63) is 79.3 Å². The first kappa shape index (κ1) is 18.4. The van der Waals surface area contributed by atoms with E-state index in [4.69, 9.17) is 14.5 Å². The van der Waals surface area contributed by atoms with Crippen molar-refractivity contribution in [3.63, 3.8) is 0 Å². The van der Waals surface area contributed by atoms with Crippen LogP contribution in [0.5, 0.6) is 0 Å². The summed E-state index contributed by atoms with van der Waals surface area (Å²) in [4.78, 5) is 21.3. The Kier molecular flexibility index (Phi) is 5.07. The Bertz CT molecular complexity index is 1200. The smallest absolute Gasteiger partial charge is 0.358 e. The highest BCUT2D eigenvalue weighted by atomic mass is 16.5. The summed E-state index contributed by atoms with van der Waals surface area (Å²) in [5.74, 6) is 0.119. The molecule has 29 heavy (non-hydrogen) atoms. The van der Waals surface area contributed by atoms with Gasteiger partial charge in [-0.15, -0.1) is 0 Å². The van der Waals surface area contributed by atoms with Crippen molar-refractivity contribution in [2.75, 3.05) is 14.2 Å². The van der Waals surface area contributed by atoms with Gasteiger partial charge in [0.05, 0.1) is 25.4 Å². The van der Waals surface area contributed by atoms with E-state index in [1.807, 2.05) is 60.7 Å². The van der Waals surface area contributed by atoms with E-state index in [-0.39, 0.29) is 5.70 Å². The fourth-order valence-corrected chi connectivity index (χ4v) is 3.16. The zero-order chi connectivity index (χ0) is 20.2. The van der Waals surface area contributed by atoms with Crippen molar-refractivity contribution in [1.82, 2.24) is 14.5 Å². The van der Waals surface area contributed by atoms with E-state index >= 15 is 0 Å². The van der Waals surface area contributed by atoms with Crippen LogP contribution in [0.1, 0.15) is 0 Å². The summed E-state index contributed by atoms with van der Waals surface area (Å²) in [6.45, 7) is 0. The molecule has 0 radical (unpaired) electrons. The molecule has 2 aromatic carbocycles. The first-order chi connectivity index (χ1) is 14.2. The highest BCUT2D eigenvalue weighted by molar-refractivity contribution is 6.11. The predicted molar refractivity (Wildman–Crippen MR) is 112 cm³/mol. The van der Waals surface area contributed by atoms with Crippen LogP contribution in [-0.4, -0.2) is 34.7 Å². The molecule has 0 aliphatic rings. The standard InChI is InChI=1S/C23H19N3O3/c1-28-15-21(23(27)29-2)26-13-11-17-8-9-18(14-20(17)26)22-24-12-10-19(25-22)16-6-4-3-5-7-16/h3-15H,1-2H3/b21-15-. The minimum atomic E-state index is -0.489. The van der Waals surface area contributed by atoms with Gasteiger partial charge in [0, 0.05) is 23.5 Å². The Morgan fingerprint density at radius 2 is 1.83 bits per heavy atom. The first-order valence-electron chi connectivity index (χ1n) is 9.03. The third-order valence-corrected chi connectivity index (χ3v) is 4.56. The molecule has 4 aromatic rings. The van der Waals surface area contributed by atoms with Crippen molar-refractivity contribution in [2.24, 2.45) is 0 Å². The Morgan fingerprint density at radius 1 is 1.00 bits per heavy atom. The van der Waals surface area contributed by atoms with E-state index < -0.39 is 5.97 Å². The van der Waals surface area contributed by atoms with Crippen LogP contribution in [0.15, 0.2) is 79.3 Å². The van der Waals surface area contributed by atoms with Gasteiger partial charge in [-0.3, -0.25) is 0 Å². The number of ether oxygens (including phenoxy) is 2. The molecule has 0 bridgehead atoms. The van der Waals surface area contributed by atoms with E-state index in [1.54, 1.807) is 17.0 Å². The third kappa shape index (κ3) is 3.60. The number of esters is 1. The SMILES string of the molecule is CO/C=C(/C(=O)OC)n1ccc2ccc(-c3nccc(-c4ccccc4)n3)cc21. The molecule has 0 unspecified atom stereocenters. The van der Waals surface area contributed by atoms with Crippen molar-refractivity contribution >= 4 is 22.6 Å². The molecular formula is C23H19N3O3. The Balaban J connectivity index is 1.81. The average molecular weight is 385 g/mol. The minimum absolute atomic E-state index is 0.279. The Hall–Kier alpha value is -3.93. The Labute approximate surface area is 168 Å². The summed E-state index contributed by atoms with van der Waals surface area (Å²) in [7, 11) is 2.83. The van der Waals surface area contributed by atoms with Gasteiger partial charge in [0.15, 0.2) is 11.5 Å². The molecule has 0 aliphatic carbocycles. The van der Waals surface area contributed by atoms with Gasteiger partial charge in [-0.25, -0.2) is 14.8 Å². The van der Waals surface area contributed by atoms with Crippen LogP contribution in [0.3, 0.4) is 0 Å². The molecule has 144 valence electrons. The van der Waals surface area contributed by atoms with Crippen molar-refractivity contribution in [1.29, 1.82) is 0 Å². The highest BCUT2D eigenvalue weighted by Gasteiger charge is 2.16. The zero-order valence-corrected chi connectivity index (χ0v) is 16.1. The maximum atomic E-state index is 12.2. The zero-order valence-electron chi connectivity index (χ0n) is 16.1. The van der Waals surface area contributed by atoms with Gasteiger partial charge >= 0.3 is 5.97 Å². The molecular weight excluding hydrogens is 366 g/mol. The lowest BCUT2D eigenvalue weighted by Crippen LogP contribution is -2.10. The number of carbonyl (C=O) groups is 1. The molecule has 0 N–H and O–H groups in total. The van der Waals surface area contributed by atoms with E-state index in [0.29, 0.717) is 5.82 Å². The van der Waals surface area contributed by atoms with Crippen LogP contribution in [0.25, 0.3) is 39.2 Å². The van der Waals surface area contributed by atoms with E-state index in [1.165, 1.54) is 20.5 Å². The van der Waals surface area contributed by atoms with Gasteiger partial charge in [0.2, 0.25) is 0 Å². The summed E-state index contributed by atoms with van der Waals surface area (Å²) in [6.07, 6.45) is 4.92. The fourth-order valence-electron chi connectivity index (χ4n) is 3.16. The lowest BCUT2D eigenvalue weighted by Gasteiger charge is -2.09. The maximum Gasteiger partial charge on any atom is 0.358 e. The van der Waals surface area contributed by atoms with Gasteiger partial charge < -0.3 is 14.0 Å². The average Bonchev–Trinajstić information content (AvgIpc) is 3.20. The second-order valence-electron chi connectivity index (χ2n) is 6.32. The largest absolute Gasteiger partial charge is 0.502 e. The second-order valence-corrected chi connectivity index (χ2v) is 6.32. The lowest BCUT2D eigenvalue weighted by atomic mass is 10.1. The van der Waals surface area contributed by atoms with Crippen molar-refractivity contribution in [3.8, 4) is 22.6 Å². The first-order valence-corrected chi connectivity index (χ1v) is 9.03. The molecule has 2 aromatic heterocycles. The number of benzene rings is 2. The molecule has 0 spiro atoms. The van der Waals surface area contributed by atoms with Gasteiger partial charge in [-0.2, -0.15) is 0 Å². The van der Waals surface area contributed by atoms with Gasteiger partial charge in [-0.05, 0) is 23.6 Å². The van der Waals surface area contributed by atoms with Crippen LogP contribution in [0.4, 0.5) is 0 Å². The molecule has 0 amide bonds. The summed E-state index contributed by atoms with van der Waals surface area (Å²) < 4.78 is 11.7. The summed E-state index contributed by atoms with van der Waals surface area (Å²) >= 11 is 0. The molecule has 2 heterocycles. The number of fused-ring (bicyclic) bond motifs is 1. The van der Waals surface area contributed by atoms with E-state index in [9.17, 15) is 4.79 Å². The van der Waals surface area contributed by atoms with Crippen LogP contribution in [0, 0.1) is 0 Å². The third-order valence-electron chi connectivity index (χ3n) is 4.56. The summed E-state index contributed by atoms with van der Waals surface area (Å²) in [6, 6.07) is 19.7. The molecule has 6 heteroatoms. The fraction of sp³-hybridized carbons (Fsp3) is 0.0870. The van der Waals surface area contributed by atoms with Crippen molar-refractivity contribution < 1.29 is 14.3 Å². The van der Waals surface area contributed by atoms with Crippen LogP contribution >= 0.6 is 0 Å². The minimum Gasteiger partial charge on any atom is -0.502 e. The Morgan fingerprint density at radius 3 is 2.59 bits per heavy atom. The number of nitrogens with zero attached hydrogens (tertiary/aromatic N) is 3. The number of rotatable bonds is 5. The molecule has 0 atom stereocenters. The van der Waals surface area contributed by atoms with Gasteiger partial charge in [0.25, 0.3) is 0 Å². The molecule has 0 fully saturated rings. The molecule has 0 saturated carbocycles. The van der Waals surface area contributed by atoms with Gasteiger partial charge in [0.1, 0.15) is 6.26 Å². The lowest BCUT2D eigenvalue weighted by molar-refractivity contribution is -0.134. The second kappa shape index (κ2) is 7.98. The summed E-state index contributed by atoms with van der Waals surface area (Å²) in [5, 5.41) is 0.971. The molecule has 0 aliphatic heterocycles. The maximum absolute atomic E-state index is 12.2. The van der Waals surface area contributed by atoms with E-state index in [2.05, 4.69) is 4.98 Å². The number of methoxy groups -OCH3 is 2. The molecule has 0 saturated heterocycles. The number of hydrogen-bond acceptors (Lipinski definition) is 5. The number of aromatic nitrogens is 3. The number of carbonyl (C=O) groups excluding carboxylic acids is 1. The topological polar surface area (TPSA) is 66.2 Å². The summed E-state index contributed by atoms with van der Waals surface area (Å²) in [5.41, 5.74) is 3.82. The predicted octanol–water partition coefficient (Wildman–Crippen LogP) is 4.38. The van der Waals surface area contributed by atoms with Crippen molar-refractivity contribution in [2.45, 2.75) is 0 Å². The molecule has 6 nitrogen and oxygen atoms in total. The highest BCUT2D eigenvalue weighted by Crippen LogP contribution is 2.27. The molecule has 4 rings (SSSR count). The van der Waals surface area contributed by atoms with Gasteiger partial charge in [-0.1, -0.05) is 42.5 Å². The monoisotopic (exact) mass is 385 g/mol. The van der Waals surface area contributed by atoms with Crippen LogP contribution in [-0.2, 0) is 14.3 Å².